The fraction of sp³-hybridized carbons (Fsp3) is 0.304. The molecule has 0 fully saturated rings. The van der Waals surface area contributed by atoms with Crippen LogP contribution in [-0.4, -0.2) is 40.6 Å². The van der Waals surface area contributed by atoms with Gasteiger partial charge in [-0.25, -0.2) is 0 Å². The second-order valence-electron chi connectivity index (χ2n) is 7.12. The number of rotatable bonds is 2. The Kier molecular flexibility index (Phi) is 6.56. The SMILES string of the molecule is CCOc1nc2nc(n1)NCc1ccc(cc1)OCCCNC(=O)c1ccc(cc1)C2. The Bertz CT molecular complexity index is 1020. The number of nitrogens with zero attached hydrogens (tertiary/aromatic N) is 3. The van der Waals surface area contributed by atoms with Crippen molar-refractivity contribution in [3.8, 4) is 11.8 Å². The van der Waals surface area contributed by atoms with Crippen LogP contribution in [-0.2, 0) is 13.0 Å². The van der Waals surface area contributed by atoms with E-state index in [1.54, 1.807) is 0 Å². The van der Waals surface area contributed by atoms with Crippen molar-refractivity contribution in [1.82, 2.24) is 20.3 Å². The minimum absolute atomic E-state index is 0.101. The van der Waals surface area contributed by atoms with Crippen LogP contribution in [0.4, 0.5) is 5.95 Å². The molecular weight excluding hydrogens is 394 g/mol. The molecule has 3 aromatic rings. The summed E-state index contributed by atoms with van der Waals surface area (Å²) in [5.74, 6) is 1.74. The first kappa shape index (κ1) is 20.6. The Hall–Kier alpha value is -3.68. The molecule has 0 spiro atoms. The van der Waals surface area contributed by atoms with E-state index in [0.29, 0.717) is 50.1 Å². The summed E-state index contributed by atoms with van der Waals surface area (Å²) >= 11 is 0. The van der Waals surface area contributed by atoms with Gasteiger partial charge < -0.3 is 20.1 Å². The normalized spacial score (nSPS) is 14.3. The maximum Gasteiger partial charge on any atom is 0.321 e. The summed E-state index contributed by atoms with van der Waals surface area (Å²) < 4.78 is 11.3. The fourth-order valence-corrected chi connectivity index (χ4v) is 3.16. The number of hydrogen-bond acceptors (Lipinski definition) is 7. The van der Waals surface area contributed by atoms with Gasteiger partial charge in [0.1, 0.15) is 11.6 Å². The summed E-state index contributed by atoms with van der Waals surface area (Å²) in [6.45, 7) is 4.00. The van der Waals surface area contributed by atoms with Gasteiger partial charge >= 0.3 is 6.01 Å². The first-order chi connectivity index (χ1) is 15.2. The lowest BCUT2D eigenvalue weighted by atomic mass is 10.1. The highest BCUT2D eigenvalue weighted by Crippen LogP contribution is 2.16. The molecule has 5 heterocycles. The molecule has 8 nitrogen and oxygen atoms in total. The molecule has 0 saturated heterocycles. The summed E-state index contributed by atoms with van der Waals surface area (Å²) in [5, 5.41) is 6.17. The van der Waals surface area contributed by atoms with E-state index in [2.05, 4.69) is 25.6 Å². The van der Waals surface area contributed by atoms with Gasteiger partial charge in [0, 0.05) is 25.1 Å². The second-order valence-corrected chi connectivity index (χ2v) is 7.12. The van der Waals surface area contributed by atoms with E-state index in [9.17, 15) is 4.79 Å². The van der Waals surface area contributed by atoms with E-state index in [4.69, 9.17) is 9.47 Å². The summed E-state index contributed by atoms with van der Waals surface area (Å²) in [7, 11) is 0. The van der Waals surface area contributed by atoms with Gasteiger partial charge in [0.05, 0.1) is 13.2 Å². The predicted molar refractivity (Wildman–Crippen MR) is 116 cm³/mol. The maximum atomic E-state index is 12.3. The molecule has 2 N–H and O–H groups in total. The van der Waals surface area contributed by atoms with Gasteiger partial charge in [0.15, 0.2) is 0 Å². The number of amides is 1. The molecule has 31 heavy (non-hydrogen) atoms. The zero-order chi connectivity index (χ0) is 21.5. The molecule has 1 aromatic heterocycles. The minimum Gasteiger partial charge on any atom is -0.494 e. The van der Waals surface area contributed by atoms with Crippen molar-refractivity contribution in [2.24, 2.45) is 0 Å². The highest BCUT2D eigenvalue weighted by Gasteiger charge is 2.10. The molecule has 2 aromatic carbocycles. The predicted octanol–water partition coefficient (Wildman–Crippen LogP) is 2.99. The Balaban J connectivity index is 1.61. The van der Waals surface area contributed by atoms with Gasteiger partial charge in [-0.1, -0.05) is 24.3 Å². The van der Waals surface area contributed by atoms with E-state index in [1.165, 1.54) is 0 Å². The smallest absolute Gasteiger partial charge is 0.321 e. The van der Waals surface area contributed by atoms with Crippen LogP contribution in [0.25, 0.3) is 0 Å². The Morgan fingerprint density at radius 1 is 0.968 bits per heavy atom. The largest absolute Gasteiger partial charge is 0.494 e. The van der Waals surface area contributed by atoms with Crippen LogP contribution < -0.4 is 20.1 Å². The van der Waals surface area contributed by atoms with Crippen molar-refractivity contribution in [3.63, 3.8) is 0 Å². The number of hydrogen-bond donors (Lipinski definition) is 2. The van der Waals surface area contributed by atoms with E-state index < -0.39 is 0 Å². The standard InChI is InChI=1S/C23H25N5O3/c1-2-30-23-27-20-14-16-4-8-18(9-5-16)21(29)24-12-3-13-31-19-10-6-17(7-11-19)15-25-22(26-20)28-23/h4-11H,2-3,12-15H2,1H3,(H,24,29)(H,25,26,27,28). The van der Waals surface area contributed by atoms with Crippen LogP contribution in [0.3, 0.4) is 0 Å². The Morgan fingerprint density at radius 2 is 1.74 bits per heavy atom. The Labute approximate surface area is 181 Å². The molecule has 0 atom stereocenters. The molecule has 0 radical (unpaired) electrons. The van der Waals surface area contributed by atoms with E-state index in [-0.39, 0.29) is 11.9 Å². The minimum atomic E-state index is -0.101. The number of benzene rings is 2. The lowest BCUT2D eigenvalue weighted by Crippen LogP contribution is -2.25. The number of ether oxygens (including phenoxy) is 2. The monoisotopic (exact) mass is 419 g/mol. The lowest BCUT2D eigenvalue weighted by molar-refractivity contribution is 0.0951. The molecule has 6 bridgehead atoms. The van der Waals surface area contributed by atoms with E-state index >= 15 is 0 Å². The van der Waals surface area contributed by atoms with Crippen molar-refractivity contribution in [2.45, 2.75) is 26.3 Å². The summed E-state index contributed by atoms with van der Waals surface area (Å²) in [6, 6.07) is 15.6. The maximum absolute atomic E-state index is 12.3. The van der Waals surface area contributed by atoms with Crippen LogP contribution in [0, 0.1) is 0 Å². The summed E-state index contributed by atoms with van der Waals surface area (Å²) in [4.78, 5) is 25.6. The van der Waals surface area contributed by atoms with Gasteiger partial charge in [-0.15, -0.1) is 0 Å². The third-order valence-corrected chi connectivity index (χ3v) is 4.76. The zero-order valence-corrected chi connectivity index (χ0v) is 17.4. The van der Waals surface area contributed by atoms with Crippen molar-refractivity contribution in [1.29, 1.82) is 0 Å². The highest BCUT2D eigenvalue weighted by molar-refractivity contribution is 5.94. The molecule has 0 saturated carbocycles. The molecule has 4 aliphatic rings. The topological polar surface area (TPSA) is 98.3 Å². The van der Waals surface area contributed by atoms with Crippen LogP contribution in [0.1, 0.15) is 40.7 Å². The number of anilines is 1. The molecule has 0 aliphatic carbocycles. The van der Waals surface area contributed by atoms with Gasteiger partial charge in [-0.05, 0) is 48.7 Å². The van der Waals surface area contributed by atoms with Gasteiger partial charge in [0.25, 0.3) is 5.91 Å². The van der Waals surface area contributed by atoms with Crippen molar-refractivity contribution >= 4 is 11.9 Å². The van der Waals surface area contributed by atoms with Crippen molar-refractivity contribution in [2.75, 3.05) is 25.1 Å². The third kappa shape index (κ3) is 5.69. The summed E-state index contributed by atoms with van der Waals surface area (Å²) in [5.41, 5.74) is 2.68. The molecule has 7 rings (SSSR count). The average Bonchev–Trinajstić information content (AvgIpc) is 2.78. The molecule has 160 valence electrons. The third-order valence-electron chi connectivity index (χ3n) is 4.76. The van der Waals surface area contributed by atoms with Gasteiger partial charge in [0.2, 0.25) is 5.95 Å². The fourth-order valence-electron chi connectivity index (χ4n) is 3.16. The van der Waals surface area contributed by atoms with Crippen molar-refractivity contribution < 1.29 is 14.3 Å². The highest BCUT2D eigenvalue weighted by atomic mass is 16.5. The number of carbonyl (C=O) groups is 1. The van der Waals surface area contributed by atoms with Crippen LogP contribution >= 0.6 is 0 Å². The molecular formula is C23H25N5O3. The van der Waals surface area contributed by atoms with Crippen LogP contribution in [0.2, 0.25) is 0 Å². The van der Waals surface area contributed by atoms with E-state index in [1.807, 2.05) is 55.5 Å². The second kappa shape index (κ2) is 9.88. The first-order valence-electron chi connectivity index (χ1n) is 10.4. The number of aromatic nitrogens is 3. The molecule has 8 heteroatoms. The average molecular weight is 419 g/mol. The lowest BCUT2D eigenvalue weighted by Gasteiger charge is -2.11. The Morgan fingerprint density at radius 3 is 2.52 bits per heavy atom. The molecule has 0 unspecified atom stereocenters. The number of nitrogens with one attached hydrogen (secondary N) is 2. The van der Waals surface area contributed by atoms with Crippen LogP contribution in [0.5, 0.6) is 11.8 Å². The first-order valence-corrected chi connectivity index (χ1v) is 10.4. The molecule has 4 aliphatic heterocycles. The van der Waals surface area contributed by atoms with E-state index in [0.717, 1.165) is 23.3 Å². The quantitative estimate of drug-likeness (QED) is 0.659. The van der Waals surface area contributed by atoms with Crippen LogP contribution in [0.15, 0.2) is 48.5 Å². The van der Waals surface area contributed by atoms with Gasteiger partial charge in [-0.2, -0.15) is 15.0 Å². The summed E-state index contributed by atoms with van der Waals surface area (Å²) in [6.07, 6.45) is 1.23. The number of carbonyl (C=O) groups excluding carboxylic acids is 1. The zero-order valence-electron chi connectivity index (χ0n) is 17.4. The van der Waals surface area contributed by atoms with Gasteiger partial charge in [-0.3, -0.25) is 4.79 Å². The van der Waals surface area contributed by atoms with Crippen molar-refractivity contribution in [3.05, 3.63) is 71.0 Å². The molecule has 1 amide bonds.